The molecule has 1 saturated heterocycles. The Hall–Kier alpha value is -4.46. The lowest BCUT2D eigenvalue weighted by Gasteiger charge is -2.42. The number of hydrogen-bond donors (Lipinski definition) is 2. The van der Waals surface area contributed by atoms with Crippen LogP contribution in [0.1, 0.15) is 36.8 Å². The number of amides is 2. The number of Topliss-reactive ketones (excluding diaryl/α,β-unsaturated/α-hetero) is 1. The van der Waals surface area contributed by atoms with Crippen LogP contribution in [-0.4, -0.2) is 52.1 Å². The van der Waals surface area contributed by atoms with Crippen LogP contribution < -0.4 is 4.74 Å². The van der Waals surface area contributed by atoms with E-state index in [1.807, 2.05) is 6.08 Å². The van der Waals surface area contributed by atoms with Gasteiger partial charge in [0.2, 0.25) is 11.8 Å². The number of methoxy groups -OCH3 is 1. The molecule has 2 aromatic carbocycles. The minimum absolute atomic E-state index is 0.0443. The van der Waals surface area contributed by atoms with E-state index in [1.54, 1.807) is 43.3 Å². The molecule has 8 heteroatoms. The average molecular weight is 540 g/mol. The Bertz CT molecular complexity index is 1560. The van der Waals surface area contributed by atoms with Gasteiger partial charge in [-0.05, 0) is 74.1 Å². The second kappa shape index (κ2) is 9.62. The summed E-state index contributed by atoms with van der Waals surface area (Å²) in [6.07, 6.45) is 4.24. The SMILES string of the molecule is COc1ccc(O)c([C@H]2C3=CC[C@@H]4C(=O)N(CCc5ccc(O)cc5)C(=O)[C@@H]4[C@@H]3CC3=C2C(=O)C=C(C)C3=O)c1. The largest absolute Gasteiger partial charge is 0.508 e. The van der Waals surface area contributed by atoms with Crippen LogP contribution in [0.4, 0.5) is 0 Å². The molecule has 1 fully saturated rings. The number of ether oxygens (including phenoxy) is 1. The molecule has 8 nitrogen and oxygen atoms in total. The van der Waals surface area contributed by atoms with Gasteiger partial charge in [-0.2, -0.15) is 0 Å². The maximum atomic E-state index is 13.9. The summed E-state index contributed by atoms with van der Waals surface area (Å²) >= 11 is 0. The van der Waals surface area contributed by atoms with Gasteiger partial charge in [0.1, 0.15) is 17.2 Å². The van der Waals surface area contributed by atoms with Gasteiger partial charge in [-0.25, -0.2) is 0 Å². The standard InChI is InChI=1S/C32H29NO7/c1-16-13-26(36)29-24(30(16)37)15-22-20(27(29)23-14-19(40-2)7-10-25(23)35)8-9-21-28(22)32(39)33(31(21)38)12-11-17-3-5-18(34)6-4-17/h3-8,10,13-14,21-22,27-28,34-35H,9,11-12,15H2,1-2H3/t21-,22+,27+,28-/m0/s1. The van der Waals surface area contributed by atoms with E-state index in [2.05, 4.69) is 0 Å². The van der Waals surface area contributed by atoms with Crippen molar-refractivity contribution in [3.05, 3.63) is 88.0 Å². The van der Waals surface area contributed by atoms with Gasteiger partial charge in [0.25, 0.3) is 0 Å². The lowest BCUT2D eigenvalue weighted by molar-refractivity contribution is -0.140. The van der Waals surface area contributed by atoms with Gasteiger partial charge in [0, 0.05) is 34.7 Å². The molecule has 6 rings (SSSR count). The molecule has 0 saturated carbocycles. The van der Waals surface area contributed by atoms with E-state index < -0.39 is 23.7 Å². The summed E-state index contributed by atoms with van der Waals surface area (Å²) in [5.74, 6) is -2.86. The number of imide groups is 1. The highest BCUT2D eigenvalue weighted by molar-refractivity contribution is 6.23. The summed E-state index contributed by atoms with van der Waals surface area (Å²) in [5.41, 5.74) is 3.10. The van der Waals surface area contributed by atoms with Crippen LogP contribution >= 0.6 is 0 Å². The van der Waals surface area contributed by atoms with Crippen LogP contribution in [0.5, 0.6) is 17.2 Å². The number of ketones is 2. The quantitative estimate of drug-likeness (QED) is 0.337. The first kappa shape index (κ1) is 25.8. The van der Waals surface area contributed by atoms with Gasteiger partial charge in [0.05, 0.1) is 18.9 Å². The first-order chi connectivity index (χ1) is 19.2. The van der Waals surface area contributed by atoms with Gasteiger partial charge in [0.15, 0.2) is 11.6 Å². The summed E-state index contributed by atoms with van der Waals surface area (Å²) in [6.45, 7) is 1.82. The van der Waals surface area contributed by atoms with E-state index >= 15 is 0 Å². The number of phenolic OH excluding ortho intramolecular Hbond substituents is 2. The van der Waals surface area contributed by atoms with Gasteiger partial charge in [-0.1, -0.05) is 23.8 Å². The van der Waals surface area contributed by atoms with Crippen molar-refractivity contribution >= 4 is 23.4 Å². The molecule has 2 aromatic rings. The molecule has 3 aliphatic carbocycles. The monoisotopic (exact) mass is 539 g/mol. The van der Waals surface area contributed by atoms with Gasteiger partial charge < -0.3 is 14.9 Å². The molecule has 1 aliphatic heterocycles. The van der Waals surface area contributed by atoms with Crippen LogP contribution in [-0.2, 0) is 25.6 Å². The number of nitrogens with zero attached hydrogens (tertiary/aromatic N) is 1. The summed E-state index contributed by atoms with van der Waals surface area (Å²) in [4.78, 5) is 55.4. The fraction of sp³-hybridized carbons (Fsp3) is 0.312. The Morgan fingerprint density at radius 3 is 2.45 bits per heavy atom. The molecule has 4 aliphatic rings. The lowest BCUT2D eigenvalue weighted by atomic mass is 9.59. The third-order valence-corrected chi connectivity index (χ3v) is 8.76. The molecular weight excluding hydrogens is 510 g/mol. The molecule has 4 atom stereocenters. The third kappa shape index (κ3) is 3.97. The van der Waals surface area contributed by atoms with E-state index in [0.717, 1.165) is 11.1 Å². The minimum Gasteiger partial charge on any atom is -0.508 e. The number of rotatable bonds is 5. The molecule has 2 amide bonds. The number of hydrogen-bond acceptors (Lipinski definition) is 7. The van der Waals surface area contributed by atoms with Crippen molar-refractivity contribution in [3.8, 4) is 17.2 Å². The molecule has 0 aromatic heterocycles. The Balaban J connectivity index is 1.40. The van der Waals surface area contributed by atoms with E-state index in [0.29, 0.717) is 40.9 Å². The van der Waals surface area contributed by atoms with E-state index in [4.69, 9.17) is 4.74 Å². The molecule has 0 spiro atoms. The Labute approximate surface area is 231 Å². The molecule has 204 valence electrons. The summed E-state index contributed by atoms with van der Waals surface area (Å²) in [7, 11) is 1.51. The van der Waals surface area contributed by atoms with Gasteiger partial charge in [-0.3, -0.25) is 24.1 Å². The molecular formula is C32H29NO7. The first-order valence-electron chi connectivity index (χ1n) is 13.4. The van der Waals surface area contributed by atoms with Crippen LogP contribution in [0.25, 0.3) is 0 Å². The number of likely N-dealkylation sites (tertiary alicyclic amines) is 1. The van der Waals surface area contributed by atoms with Crippen LogP contribution in [0.15, 0.2) is 76.9 Å². The van der Waals surface area contributed by atoms with Crippen molar-refractivity contribution in [3.63, 3.8) is 0 Å². The predicted molar refractivity (Wildman–Crippen MR) is 145 cm³/mol. The average Bonchev–Trinajstić information content (AvgIpc) is 3.19. The van der Waals surface area contributed by atoms with Crippen molar-refractivity contribution in [2.75, 3.05) is 13.7 Å². The summed E-state index contributed by atoms with van der Waals surface area (Å²) in [5, 5.41) is 20.5. The van der Waals surface area contributed by atoms with Gasteiger partial charge >= 0.3 is 0 Å². The first-order valence-corrected chi connectivity index (χ1v) is 13.4. The minimum atomic E-state index is -0.737. The van der Waals surface area contributed by atoms with E-state index in [1.165, 1.54) is 24.2 Å². The maximum absolute atomic E-state index is 13.9. The Morgan fingerprint density at radius 1 is 0.975 bits per heavy atom. The highest BCUT2D eigenvalue weighted by atomic mass is 16.5. The Morgan fingerprint density at radius 2 is 1.73 bits per heavy atom. The smallest absolute Gasteiger partial charge is 0.233 e. The number of fused-ring (bicyclic) bond motifs is 3. The van der Waals surface area contributed by atoms with Crippen molar-refractivity contribution in [1.29, 1.82) is 0 Å². The lowest BCUT2D eigenvalue weighted by Crippen LogP contribution is -2.40. The topological polar surface area (TPSA) is 121 Å². The van der Waals surface area contributed by atoms with Crippen molar-refractivity contribution in [1.82, 2.24) is 4.90 Å². The summed E-state index contributed by atoms with van der Waals surface area (Å²) < 4.78 is 5.39. The van der Waals surface area contributed by atoms with Crippen molar-refractivity contribution in [2.24, 2.45) is 17.8 Å². The van der Waals surface area contributed by atoms with Crippen molar-refractivity contribution in [2.45, 2.75) is 32.1 Å². The fourth-order valence-corrected chi connectivity index (χ4v) is 6.82. The maximum Gasteiger partial charge on any atom is 0.233 e. The zero-order valence-electron chi connectivity index (χ0n) is 22.2. The van der Waals surface area contributed by atoms with E-state index in [-0.39, 0.29) is 47.8 Å². The zero-order chi connectivity index (χ0) is 28.3. The van der Waals surface area contributed by atoms with Crippen LogP contribution in [0.3, 0.4) is 0 Å². The molecule has 0 radical (unpaired) electrons. The molecule has 1 heterocycles. The third-order valence-electron chi connectivity index (χ3n) is 8.76. The number of benzene rings is 2. The van der Waals surface area contributed by atoms with Crippen molar-refractivity contribution < 1.29 is 34.1 Å². The number of carbonyl (C=O) groups excluding carboxylic acids is 4. The fourth-order valence-electron chi connectivity index (χ4n) is 6.82. The molecule has 2 N–H and O–H groups in total. The predicted octanol–water partition coefficient (Wildman–Crippen LogP) is 3.78. The summed E-state index contributed by atoms with van der Waals surface area (Å²) in [6, 6.07) is 11.4. The second-order valence-electron chi connectivity index (χ2n) is 10.9. The number of phenols is 2. The molecule has 0 unspecified atom stereocenters. The number of allylic oxidation sites excluding steroid dienone is 6. The second-order valence-corrected chi connectivity index (χ2v) is 10.9. The zero-order valence-corrected chi connectivity index (χ0v) is 22.2. The highest BCUT2D eigenvalue weighted by Crippen LogP contribution is 2.56. The van der Waals surface area contributed by atoms with Crippen LogP contribution in [0.2, 0.25) is 0 Å². The van der Waals surface area contributed by atoms with Gasteiger partial charge in [-0.15, -0.1) is 0 Å². The van der Waals surface area contributed by atoms with Crippen LogP contribution in [0, 0.1) is 17.8 Å². The number of carbonyl (C=O) groups is 4. The highest BCUT2D eigenvalue weighted by Gasteiger charge is 2.56. The normalized spacial score (nSPS) is 25.8. The van der Waals surface area contributed by atoms with E-state index in [9.17, 15) is 29.4 Å². The molecule has 0 bridgehead atoms. The Kier molecular flexibility index (Phi) is 6.21. The number of aromatic hydroxyl groups is 2. The molecule has 40 heavy (non-hydrogen) atoms.